The van der Waals surface area contributed by atoms with Crippen molar-refractivity contribution in [3.63, 3.8) is 0 Å². The lowest BCUT2D eigenvalue weighted by Crippen LogP contribution is -2.25. The van der Waals surface area contributed by atoms with Crippen LogP contribution in [0.1, 0.15) is 24.2 Å². The van der Waals surface area contributed by atoms with Gasteiger partial charge in [0.2, 0.25) is 0 Å². The lowest BCUT2D eigenvalue weighted by atomic mass is 10.1. The first-order valence-corrected chi connectivity index (χ1v) is 7.06. The molecule has 0 aliphatic rings. The molecule has 94 valence electrons. The summed E-state index contributed by atoms with van der Waals surface area (Å²) in [6.45, 7) is 2.12. The summed E-state index contributed by atoms with van der Waals surface area (Å²) < 4.78 is 0. The summed E-state index contributed by atoms with van der Waals surface area (Å²) in [4.78, 5) is 5.44. The first kappa shape index (κ1) is 13.1. The third kappa shape index (κ3) is 3.34. The van der Waals surface area contributed by atoms with Crippen LogP contribution in [-0.4, -0.2) is 11.0 Å². The van der Waals surface area contributed by atoms with Crippen molar-refractivity contribution in [3.8, 4) is 0 Å². The molecule has 0 saturated heterocycles. The minimum atomic E-state index is 0.138. The predicted octanol–water partition coefficient (Wildman–Crippen LogP) is 3.65. The average Bonchev–Trinajstić information content (AvgIpc) is 2.46. The van der Waals surface area contributed by atoms with E-state index in [0.29, 0.717) is 0 Å². The Morgan fingerprint density at radius 3 is 2.56 bits per heavy atom. The molecule has 0 radical (unpaired) electrons. The maximum atomic E-state index is 6.25. The topological polar surface area (TPSA) is 38.9 Å². The van der Waals surface area contributed by atoms with E-state index in [0.717, 1.165) is 6.42 Å². The van der Waals surface area contributed by atoms with Crippen LogP contribution in [0.2, 0.25) is 0 Å². The summed E-state index contributed by atoms with van der Waals surface area (Å²) in [7, 11) is 0. The highest BCUT2D eigenvalue weighted by Gasteiger charge is 2.19. The second-order valence-corrected chi connectivity index (χ2v) is 5.42. The van der Waals surface area contributed by atoms with Crippen LogP contribution in [0.25, 0.3) is 0 Å². The molecule has 0 spiro atoms. The molecule has 0 aliphatic carbocycles. The van der Waals surface area contributed by atoms with Gasteiger partial charge in [-0.25, -0.2) is 0 Å². The number of rotatable bonds is 5. The zero-order chi connectivity index (χ0) is 12.8. The Kier molecular flexibility index (Phi) is 4.79. The fraction of sp³-hybridized carbons (Fsp3) is 0.267. The second kappa shape index (κ2) is 6.57. The summed E-state index contributed by atoms with van der Waals surface area (Å²) in [6, 6.07) is 14.6. The van der Waals surface area contributed by atoms with Crippen molar-refractivity contribution in [1.29, 1.82) is 0 Å². The number of hydrogen-bond acceptors (Lipinski definition) is 3. The highest BCUT2D eigenvalue weighted by Crippen LogP contribution is 2.37. The van der Waals surface area contributed by atoms with E-state index in [1.54, 1.807) is 6.20 Å². The molecule has 2 unspecified atom stereocenters. The Labute approximate surface area is 113 Å². The van der Waals surface area contributed by atoms with E-state index in [1.807, 2.05) is 30.1 Å². The summed E-state index contributed by atoms with van der Waals surface area (Å²) in [6.07, 6.45) is 4.67. The molecule has 1 aromatic heterocycles. The van der Waals surface area contributed by atoms with Crippen molar-refractivity contribution in [2.24, 2.45) is 5.73 Å². The number of nitrogens with zero attached hydrogens (tertiary/aromatic N) is 1. The average molecular weight is 258 g/mol. The monoisotopic (exact) mass is 258 g/mol. The molecule has 0 bridgehead atoms. The van der Waals surface area contributed by atoms with Crippen LogP contribution in [0.5, 0.6) is 0 Å². The van der Waals surface area contributed by atoms with Gasteiger partial charge in [0.25, 0.3) is 0 Å². The summed E-state index contributed by atoms with van der Waals surface area (Å²) >= 11 is 1.81. The van der Waals surface area contributed by atoms with Crippen LogP contribution in [-0.2, 0) is 0 Å². The number of thioether (sulfide) groups is 1. The van der Waals surface area contributed by atoms with Crippen molar-refractivity contribution < 1.29 is 0 Å². The van der Waals surface area contributed by atoms with Crippen molar-refractivity contribution in [3.05, 3.63) is 60.4 Å². The van der Waals surface area contributed by atoms with Crippen molar-refractivity contribution >= 4 is 11.8 Å². The molecular weight excluding hydrogens is 240 g/mol. The zero-order valence-electron chi connectivity index (χ0n) is 10.5. The van der Waals surface area contributed by atoms with Gasteiger partial charge < -0.3 is 5.73 Å². The lowest BCUT2D eigenvalue weighted by molar-refractivity contribution is 0.633. The van der Waals surface area contributed by atoms with E-state index in [9.17, 15) is 0 Å². The Morgan fingerprint density at radius 1 is 1.17 bits per heavy atom. The normalized spacial score (nSPS) is 14.1. The Balaban J connectivity index is 2.21. The summed E-state index contributed by atoms with van der Waals surface area (Å²) in [5, 5.41) is 0.256. The maximum Gasteiger partial charge on any atom is 0.0510 e. The standard InChI is InChI=1S/C15H18N2S/c1-2-14(16)15(12-7-6-10-17-11-12)18-13-8-4-3-5-9-13/h3-11,14-15H,2,16H2,1H3. The van der Waals surface area contributed by atoms with Gasteiger partial charge in [0, 0.05) is 23.3 Å². The Morgan fingerprint density at radius 2 is 1.94 bits per heavy atom. The molecule has 18 heavy (non-hydrogen) atoms. The van der Waals surface area contributed by atoms with Gasteiger partial charge in [-0.05, 0) is 30.2 Å². The van der Waals surface area contributed by atoms with Crippen LogP contribution < -0.4 is 5.73 Å². The van der Waals surface area contributed by atoms with Crippen molar-refractivity contribution in [2.45, 2.75) is 29.5 Å². The smallest absolute Gasteiger partial charge is 0.0510 e. The van der Waals surface area contributed by atoms with E-state index in [-0.39, 0.29) is 11.3 Å². The van der Waals surface area contributed by atoms with Crippen molar-refractivity contribution in [1.82, 2.24) is 4.98 Å². The molecule has 0 fully saturated rings. The molecule has 2 aromatic rings. The number of pyridine rings is 1. The molecule has 0 amide bonds. The molecule has 2 rings (SSSR count). The first-order chi connectivity index (χ1) is 8.81. The van der Waals surface area contributed by atoms with Gasteiger partial charge in [-0.2, -0.15) is 0 Å². The summed E-state index contributed by atoms with van der Waals surface area (Å²) in [5.41, 5.74) is 7.44. The largest absolute Gasteiger partial charge is 0.326 e. The van der Waals surface area contributed by atoms with Crippen LogP contribution in [0.15, 0.2) is 59.8 Å². The van der Waals surface area contributed by atoms with Gasteiger partial charge in [-0.15, -0.1) is 11.8 Å². The molecule has 2 nitrogen and oxygen atoms in total. The third-order valence-corrected chi connectivity index (χ3v) is 4.30. The van der Waals surface area contributed by atoms with Crippen LogP contribution in [0, 0.1) is 0 Å². The van der Waals surface area contributed by atoms with Gasteiger partial charge in [-0.1, -0.05) is 31.2 Å². The fourth-order valence-electron chi connectivity index (χ4n) is 1.81. The van der Waals surface area contributed by atoms with E-state index in [4.69, 9.17) is 5.73 Å². The first-order valence-electron chi connectivity index (χ1n) is 6.18. The molecule has 1 heterocycles. The fourth-order valence-corrected chi connectivity index (χ4v) is 3.06. The van der Waals surface area contributed by atoms with Crippen LogP contribution in [0.4, 0.5) is 0 Å². The van der Waals surface area contributed by atoms with Gasteiger partial charge in [-0.3, -0.25) is 4.98 Å². The number of aromatic nitrogens is 1. The summed E-state index contributed by atoms with van der Waals surface area (Å²) in [5.74, 6) is 0. The van der Waals surface area contributed by atoms with Gasteiger partial charge in [0.1, 0.15) is 0 Å². The number of benzene rings is 1. The minimum absolute atomic E-state index is 0.138. The zero-order valence-corrected chi connectivity index (χ0v) is 11.3. The number of hydrogen-bond donors (Lipinski definition) is 1. The van der Waals surface area contributed by atoms with Crippen molar-refractivity contribution in [2.75, 3.05) is 0 Å². The molecule has 2 atom stereocenters. The van der Waals surface area contributed by atoms with E-state index < -0.39 is 0 Å². The predicted molar refractivity (Wildman–Crippen MR) is 77.5 cm³/mol. The minimum Gasteiger partial charge on any atom is -0.326 e. The molecule has 0 aliphatic heterocycles. The highest BCUT2D eigenvalue weighted by molar-refractivity contribution is 7.99. The van der Waals surface area contributed by atoms with Crippen LogP contribution in [0.3, 0.4) is 0 Å². The molecule has 3 heteroatoms. The molecule has 2 N–H and O–H groups in total. The second-order valence-electron chi connectivity index (χ2n) is 4.21. The Bertz CT molecular complexity index is 458. The Hall–Kier alpha value is -1.32. The lowest BCUT2D eigenvalue weighted by Gasteiger charge is -2.22. The van der Waals surface area contributed by atoms with Gasteiger partial charge >= 0.3 is 0 Å². The molecule has 1 aromatic carbocycles. The highest BCUT2D eigenvalue weighted by atomic mass is 32.2. The molecular formula is C15H18N2S. The van der Waals surface area contributed by atoms with E-state index >= 15 is 0 Å². The van der Waals surface area contributed by atoms with Gasteiger partial charge in [0.15, 0.2) is 0 Å². The maximum absolute atomic E-state index is 6.25. The number of nitrogens with two attached hydrogens (primary N) is 1. The van der Waals surface area contributed by atoms with E-state index in [1.165, 1.54) is 10.5 Å². The quantitative estimate of drug-likeness (QED) is 0.832. The third-order valence-electron chi connectivity index (χ3n) is 2.88. The van der Waals surface area contributed by atoms with Crippen LogP contribution >= 0.6 is 11.8 Å². The van der Waals surface area contributed by atoms with Gasteiger partial charge in [0.05, 0.1) is 5.25 Å². The van der Waals surface area contributed by atoms with E-state index in [2.05, 4.69) is 42.2 Å². The molecule has 0 saturated carbocycles. The SMILES string of the molecule is CCC(N)C(Sc1ccccc1)c1cccnc1.